The van der Waals surface area contributed by atoms with Gasteiger partial charge in [-0.1, -0.05) is 0 Å². The van der Waals surface area contributed by atoms with E-state index in [1.807, 2.05) is 0 Å². The molecule has 0 spiro atoms. The molecular weight excluding hydrogens is 208 g/mol. The van der Waals surface area contributed by atoms with Crippen molar-refractivity contribution in [2.45, 2.75) is 12.5 Å². The third kappa shape index (κ3) is 2.14. The molecule has 0 aliphatic carbocycles. The van der Waals surface area contributed by atoms with Crippen LogP contribution in [0.4, 0.5) is 5.82 Å². The zero-order chi connectivity index (χ0) is 11.5. The number of methoxy groups -OCH3 is 1. The molecule has 2 rings (SSSR count). The van der Waals surface area contributed by atoms with Gasteiger partial charge in [-0.2, -0.15) is 0 Å². The normalized spacial score (nSPS) is 20.1. The minimum Gasteiger partial charge on any atom is -0.478 e. The average molecular weight is 222 g/mol. The summed E-state index contributed by atoms with van der Waals surface area (Å²) in [4.78, 5) is 16.9. The lowest BCUT2D eigenvalue weighted by Gasteiger charge is -2.16. The van der Waals surface area contributed by atoms with E-state index >= 15 is 0 Å². The lowest BCUT2D eigenvalue weighted by atomic mass is 10.3. The Balaban J connectivity index is 2.08. The van der Waals surface area contributed by atoms with Crippen LogP contribution in [0.2, 0.25) is 0 Å². The van der Waals surface area contributed by atoms with Crippen LogP contribution in [-0.2, 0) is 4.74 Å². The van der Waals surface area contributed by atoms with E-state index in [9.17, 15) is 4.79 Å². The van der Waals surface area contributed by atoms with Crippen LogP contribution in [0.15, 0.2) is 18.3 Å². The maximum Gasteiger partial charge on any atom is 0.337 e. The highest BCUT2D eigenvalue weighted by Gasteiger charge is 2.22. The topological polar surface area (TPSA) is 62.7 Å². The molecule has 0 radical (unpaired) electrons. The minimum atomic E-state index is -0.949. The molecule has 0 amide bonds. The number of hydrogen-bond acceptors (Lipinski definition) is 4. The lowest BCUT2D eigenvalue weighted by molar-refractivity contribution is 0.0696. The number of rotatable bonds is 3. The highest BCUT2D eigenvalue weighted by molar-refractivity contribution is 5.87. The summed E-state index contributed by atoms with van der Waals surface area (Å²) in [7, 11) is 1.70. The number of carboxylic acid groups (broad SMARTS) is 1. The van der Waals surface area contributed by atoms with Crippen LogP contribution >= 0.6 is 0 Å². The van der Waals surface area contributed by atoms with E-state index in [4.69, 9.17) is 9.84 Å². The van der Waals surface area contributed by atoms with E-state index in [2.05, 4.69) is 9.88 Å². The van der Waals surface area contributed by atoms with E-state index in [1.54, 1.807) is 19.2 Å². The number of aromatic nitrogens is 1. The van der Waals surface area contributed by atoms with Crippen molar-refractivity contribution in [3.05, 3.63) is 23.9 Å². The Morgan fingerprint density at radius 3 is 2.94 bits per heavy atom. The third-order valence-corrected chi connectivity index (χ3v) is 2.80. The van der Waals surface area contributed by atoms with E-state index in [0.717, 1.165) is 25.3 Å². The number of hydrogen-bond donors (Lipinski definition) is 1. The summed E-state index contributed by atoms with van der Waals surface area (Å²) < 4.78 is 5.26. The Morgan fingerprint density at radius 2 is 2.44 bits per heavy atom. The molecule has 1 saturated heterocycles. The largest absolute Gasteiger partial charge is 0.478 e. The fraction of sp³-hybridized carbons (Fsp3) is 0.455. The van der Waals surface area contributed by atoms with Gasteiger partial charge in [-0.25, -0.2) is 9.78 Å². The maximum absolute atomic E-state index is 10.7. The van der Waals surface area contributed by atoms with Crippen molar-refractivity contribution in [2.24, 2.45) is 0 Å². The predicted molar refractivity (Wildman–Crippen MR) is 58.8 cm³/mol. The zero-order valence-corrected chi connectivity index (χ0v) is 9.09. The molecule has 0 aromatic carbocycles. The number of pyridine rings is 1. The van der Waals surface area contributed by atoms with Gasteiger partial charge in [0.25, 0.3) is 0 Å². The molecule has 0 saturated carbocycles. The van der Waals surface area contributed by atoms with Gasteiger partial charge >= 0.3 is 5.97 Å². The van der Waals surface area contributed by atoms with Crippen LogP contribution in [0, 0.1) is 0 Å². The molecule has 1 atom stereocenters. The van der Waals surface area contributed by atoms with Crippen molar-refractivity contribution in [2.75, 3.05) is 25.1 Å². The molecule has 1 aliphatic rings. The second kappa shape index (κ2) is 4.49. The summed E-state index contributed by atoms with van der Waals surface area (Å²) >= 11 is 0. The van der Waals surface area contributed by atoms with Gasteiger partial charge in [0.15, 0.2) is 0 Å². The fourth-order valence-corrected chi connectivity index (χ4v) is 1.83. The lowest BCUT2D eigenvalue weighted by Crippen LogP contribution is -2.23. The highest BCUT2D eigenvalue weighted by atomic mass is 16.5. The summed E-state index contributed by atoms with van der Waals surface area (Å²) in [6.45, 7) is 1.72. The minimum absolute atomic E-state index is 0.214. The van der Waals surface area contributed by atoms with Crippen molar-refractivity contribution < 1.29 is 14.6 Å². The highest BCUT2D eigenvalue weighted by Crippen LogP contribution is 2.19. The van der Waals surface area contributed by atoms with Gasteiger partial charge in [-0.05, 0) is 18.6 Å². The first kappa shape index (κ1) is 10.9. The standard InChI is InChI=1S/C11H14N2O3/c1-16-9-4-5-13(7-9)10-3-2-8(6-12-10)11(14)15/h2-3,6,9H,4-5,7H2,1H3,(H,14,15)/t9-/m1/s1. The number of nitrogens with zero attached hydrogens (tertiary/aromatic N) is 2. The zero-order valence-electron chi connectivity index (χ0n) is 9.09. The Morgan fingerprint density at radius 1 is 1.62 bits per heavy atom. The van der Waals surface area contributed by atoms with Crippen LogP contribution in [0.3, 0.4) is 0 Å². The van der Waals surface area contributed by atoms with Crippen molar-refractivity contribution >= 4 is 11.8 Å². The Labute approximate surface area is 93.7 Å². The second-order valence-electron chi connectivity index (χ2n) is 3.80. The fourth-order valence-electron chi connectivity index (χ4n) is 1.83. The third-order valence-electron chi connectivity index (χ3n) is 2.80. The Hall–Kier alpha value is -1.62. The van der Waals surface area contributed by atoms with Crippen molar-refractivity contribution in [1.29, 1.82) is 0 Å². The molecule has 5 heteroatoms. The van der Waals surface area contributed by atoms with Gasteiger partial charge in [-0.3, -0.25) is 0 Å². The molecule has 86 valence electrons. The van der Waals surface area contributed by atoms with Crippen LogP contribution in [0.1, 0.15) is 16.8 Å². The molecule has 1 fully saturated rings. The van der Waals surface area contributed by atoms with Gasteiger partial charge in [0, 0.05) is 26.4 Å². The quantitative estimate of drug-likeness (QED) is 0.826. The number of aromatic carboxylic acids is 1. The molecule has 1 aromatic heterocycles. The first-order valence-corrected chi connectivity index (χ1v) is 5.18. The first-order valence-electron chi connectivity index (χ1n) is 5.18. The predicted octanol–water partition coefficient (Wildman–Crippen LogP) is 1.00. The van der Waals surface area contributed by atoms with Gasteiger partial charge in [0.05, 0.1) is 11.7 Å². The monoisotopic (exact) mass is 222 g/mol. The van der Waals surface area contributed by atoms with E-state index in [1.165, 1.54) is 6.20 Å². The molecule has 2 heterocycles. The number of carbonyl (C=O) groups is 1. The van der Waals surface area contributed by atoms with Gasteiger partial charge in [-0.15, -0.1) is 0 Å². The molecule has 16 heavy (non-hydrogen) atoms. The van der Waals surface area contributed by atoms with Crippen LogP contribution in [0.5, 0.6) is 0 Å². The molecule has 5 nitrogen and oxygen atoms in total. The van der Waals surface area contributed by atoms with E-state index in [0.29, 0.717) is 0 Å². The van der Waals surface area contributed by atoms with Crippen LogP contribution in [0.25, 0.3) is 0 Å². The molecule has 1 N–H and O–H groups in total. The van der Waals surface area contributed by atoms with Crippen molar-refractivity contribution in [3.8, 4) is 0 Å². The molecule has 0 unspecified atom stereocenters. The summed E-state index contributed by atoms with van der Waals surface area (Å²) in [6.07, 6.45) is 2.62. The molecule has 0 bridgehead atoms. The van der Waals surface area contributed by atoms with Gasteiger partial charge in [0.1, 0.15) is 5.82 Å². The molecular formula is C11H14N2O3. The van der Waals surface area contributed by atoms with E-state index < -0.39 is 5.97 Å². The number of carboxylic acids is 1. The second-order valence-corrected chi connectivity index (χ2v) is 3.80. The van der Waals surface area contributed by atoms with Gasteiger partial charge in [0.2, 0.25) is 0 Å². The summed E-state index contributed by atoms with van der Waals surface area (Å²) in [5.41, 5.74) is 0.214. The van der Waals surface area contributed by atoms with E-state index in [-0.39, 0.29) is 11.7 Å². The SMILES string of the molecule is CO[C@@H]1CCN(c2ccc(C(=O)O)cn2)C1. The van der Waals surface area contributed by atoms with Crippen LogP contribution < -0.4 is 4.90 Å². The summed E-state index contributed by atoms with van der Waals surface area (Å²) in [5.74, 6) is -0.139. The summed E-state index contributed by atoms with van der Waals surface area (Å²) in [5, 5.41) is 8.75. The van der Waals surface area contributed by atoms with Crippen LogP contribution in [-0.4, -0.2) is 42.4 Å². The summed E-state index contributed by atoms with van der Waals surface area (Å²) in [6, 6.07) is 3.31. The Kier molecular flexibility index (Phi) is 3.05. The number of ether oxygens (including phenoxy) is 1. The van der Waals surface area contributed by atoms with Gasteiger partial charge < -0.3 is 14.7 Å². The van der Waals surface area contributed by atoms with Crippen molar-refractivity contribution in [1.82, 2.24) is 4.98 Å². The molecule has 1 aliphatic heterocycles. The van der Waals surface area contributed by atoms with Crippen molar-refractivity contribution in [3.63, 3.8) is 0 Å². The smallest absolute Gasteiger partial charge is 0.337 e. The maximum atomic E-state index is 10.7. The first-order chi connectivity index (χ1) is 7.70. The Bertz CT molecular complexity index is 377. The average Bonchev–Trinajstić information content (AvgIpc) is 2.77. The molecule has 1 aromatic rings. The number of anilines is 1.